The highest BCUT2D eigenvalue weighted by atomic mass is 79.9. The van der Waals surface area contributed by atoms with Gasteiger partial charge in [0.15, 0.2) is 6.20 Å². The number of pyridine rings is 2. The summed E-state index contributed by atoms with van der Waals surface area (Å²) >= 11 is 2.94. The standard InChI is InChI=1S/C13H10N2.CH3Br/c14-12-9-10-5-3-4-8-15(10)13-7-2-1-6-11(12)13;1-2/h1-9,14H;1H3/p+1. The van der Waals surface area contributed by atoms with Crippen molar-refractivity contribution in [3.05, 3.63) is 54.7 Å². The van der Waals surface area contributed by atoms with E-state index in [0.29, 0.717) is 0 Å². The average molecular weight is 290 g/mol. The van der Waals surface area contributed by atoms with Crippen molar-refractivity contribution in [3.63, 3.8) is 0 Å². The van der Waals surface area contributed by atoms with Gasteiger partial charge in [0.05, 0.1) is 11.1 Å². The minimum Gasteiger partial charge on any atom is -0.398 e. The largest absolute Gasteiger partial charge is 0.398 e. The van der Waals surface area contributed by atoms with E-state index in [9.17, 15) is 0 Å². The van der Waals surface area contributed by atoms with Crippen molar-refractivity contribution in [3.8, 4) is 0 Å². The smallest absolute Gasteiger partial charge is 0.220 e. The molecule has 2 nitrogen and oxygen atoms in total. The first kappa shape index (κ1) is 11.9. The van der Waals surface area contributed by atoms with Crippen molar-refractivity contribution in [2.75, 3.05) is 11.6 Å². The molecule has 0 aliphatic rings. The molecule has 0 atom stereocenters. The van der Waals surface area contributed by atoms with Crippen LogP contribution < -0.4 is 10.1 Å². The Morgan fingerprint density at radius 3 is 2.53 bits per heavy atom. The number of nitrogen functional groups attached to an aromatic ring is 1. The van der Waals surface area contributed by atoms with Crippen molar-refractivity contribution in [2.24, 2.45) is 0 Å². The Kier molecular flexibility index (Phi) is 3.59. The summed E-state index contributed by atoms with van der Waals surface area (Å²) in [6.45, 7) is 0. The molecular weight excluding hydrogens is 276 g/mol. The van der Waals surface area contributed by atoms with Gasteiger partial charge in [-0.1, -0.05) is 28.1 Å². The third-order valence-electron chi connectivity index (χ3n) is 2.67. The maximum atomic E-state index is 6.01. The SMILES string of the molecule is CBr.Nc1cc2cccc[n+]2c2ccccc12. The van der Waals surface area contributed by atoms with Gasteiger partial charge in [0, 0.05) is 24.3 Å². The number of fused-ring (bicyclic) bond motifs is 3. The molecule has 0 aliphatic heterocycles. The molecule has 0 spiro atoms. The average Bonchev–Trinajstić information content (AvgIpc) is 2.42. The lowest BCUT2D eigenvalue weighted by molar-refractivity contribution is -0.481. The van der Waals surface area contributed by atoms with E-state index in [4.69, 9.17) is 5.73 Å². The van der Waals surface area contributed by atoms with Gasteiger partial charge in [0.25, 0.3) is 0 Å². The fraction of sp³-hybridized carbons (Fsp3) is 0.0714. The normalized spacial score (nSPS) is 10.0. The molecule has 0 bridgehead atoms. The zero-order chi connectivity index (χ0) is 12.3. The number of hydrogen-bond acceptors (Lipinski definition) is 1. The van der Waals surface area contributed by atoms with Crippen LogP contribution >= 0.6 is 15.9 Å². The number of rotatable bonds is 0. The Hall–Kier alpha value is -1.61. The number of para-hydroxylation sites is 1. The van der Waals surface area contributed by atoms with Crippen LogP contribution in [0.1, 0.15) is 0 Å². The summed E-state index contributed by atoms with van der Waals surface area (Å²) in [7, 11) is 0. The summed E-state index contributed by atoms with van der Waals surface area (Å²) in [5.41, 5.74) is 9.10. The number of alkyl halides is 1. The Morgan fingerprint density at radius 2 is 1.71 bits per heavy atom. The van der Waals surface area contributed by atoms with Crippen LogP contribution in [0.5, 0.6) is 0 Å². The van der Waals surface area contributed by atoms with Gasteiger partial charge in [-0.2, -0.15) is 4.40 Å². The molecule has 3 rings (SSSR count). The Bertz CT molecular complexity index is 650. The van der Waals surface area contributed by atoms with Gasteiger partial charge in [-0.15, -0.1) is 0 Å². The van der Waals surface area contributed by atoms with Gasteiger partial charge in [-0.3, -0.25) is 0 Å². The molecule has 0 fully saturated rings. The maximum absolute atomic E-state index is 6.01. The first-order valence-corrected chi connectivity index (χ1v) is 6.90. The zero-order valence-electron chi connectivity index (χ0n) is 9.60. The number of anilines is 1. The first-order chi connectivity index (χ1) is 8.36. The van der Waals surface area contributed by atoms with Crippen LogP contribution in [-0.2, 0) is 0 Å². The molecule has 2 aromatic heterocycles. The molecule has 0 saturated carbocycles. The van der Waals surface area contributed by atoms with Gasteiger partial charge in [0.1, 0.15) is 0 Å². The van der Waals surface area contributed by atoms with E-state index in [0.717, 1.165) is 22.1 Å². The fourth-order valence-corrected chi connectivity index (χ4v) is 1.96. The Morgan fingerprint density at radius 1 is 1.00 bits per heavy atom. The number of nitrogens with two attached hydrogens (primary N) is 1. The van der Waals surface area contributed by atoms with E-state index in [-0.39, 0.29) is 0 Å². The van der Waals surface area contributed by atoms with E-state index in [1.807, 2.05) is 42.2 Å². The summed E-state index contributed by atoms with van der Waals surface area (Å²) in [4.78, 5) is 0. The van der Waals surface area contributed by atoms with E-state index in [2.05, 4.69) is 38.7 Å². The van der Waals surface area contributed by atoms with Crippen molar-refractivity contribution < 1.29 is 4.40 Å². The molecule has 3 heteroatoms. The minimum absolute atomic E-state index is 0.830. The summed E-state index contributed by atoms with van der Waals surface area (Å²) in [5, 5.41) is 1.10. The highest BCUT2D eigenvalue weighted by molar-refractivity contribution is 9.08. The number of benzene rings is 1. The van der Waals surface area contributed by atoms with E-state index in [1.54, 1.807) is 0 Å². The summed E-state index contributed by atoms with van der Waals surface area (Å²) in [6, 6.07) is 16.3. The molecule has 0 saturated heterocycles. The molecule has 0 aliphatic carbocycles. The Balaban J connectivity index is 0.000000514. The van der Waals surface area contributed by atoms with Crippen LogP contribution in [0.4, 0.5) is 5.69 Å². The number of aromatic nitrogens is 1. The number of hydrogen-bond donors (Lipinski definition) is 1. The molecule has 0 amide bonds. The maximum Gasteiger partial charge on any atom is 0.220 e. The van der Waals surface area contributed by atoms with Gasteiger partial charge < -0.3 is 5.73 Å². The first-order valence-electron chi connectivity index (χ1n) is 5.32. The monoisotopic (exact) mass is 289 g/mol. The fourth-order valence-electron chi connectivity index (χ4n) is 1.96. The van der Waals surface area contributed by atoms with E-state index in [1.165, 1.54) is 0 Å². The van der Waals surface area contributed by atoms with Crippen LogP contribution in [0.2, 0.25) is 0 Å². The molecule has 0 unspecified atom stereocenters. The second-order valence-corrected chi connectivity index (χ2v) is 3.61. The van der Waals surface area contributed by atoms with Gasteiger partial charge in [-0.25, -0.2) is 0 Å². The second-order valence-electron chi connectivity index (χ2n) is 3.61. The lowest BCUT2D eigenvalue weighted by Gasteiger charge is -1.99. The molecular formula is C14H14BrN2+. The van der Waals surface area contributed by atoms with Gasteiger partial charge in [0.2, 0.25) is 11.0 Å². The van der Waals surface area contributed by atoms with Crippen LogP contribution in [0.25, 0.3) is 16.4 Å². The van der Waals surface area contributed by atoms with Gasteiger partial charge in [-0.05, 0) is 18.0 Å². The van der Waals surface area contributed by atoms with Crippen LogP contribution in [0.15, 0.2) is 54.7 Å². The van der Waals surface area contributed by atoms with Crippen molar-refractivity contribution in [1.29, 1.82) is 0 Å². The third-order valence-corrected chi connectivity index (χ3v) is 2.67. The topological polar surface area (TPSA) is 30.1 Å². The molecule has 1 aromatic carbocycles. The quantitative estimate of drug-likeness (QED) is 0.385. The second kappa shape index (κ2) is 5.15. The van der Waals surface area contributed by atoms with Crippen LogP contribution in [-0.4, -0.2) is 5.83 Å². The zero-order valence-corrected chi connectivity index (χ0v) is 11.2. The summed E-state index contributed by atoms with van der Waals surface area (Å²) < 4.78 is 2.14. The molecule has 0 radical (unpaired) electrons. The third kappa shape index (κ3) is 2.11. The van der Waals surface area contributed by atoms with Crippen LogP contribution in [0, 0.1) is 0 Å². The summed E-state index contributed by atoms with van der Waals surface area (Å²) in [6.07, 6.45) is 2.05. The highest BCUT2D eigenvalue weighted by Gasteiger charge is 2.09. The molecule has 2 N–H and O–H groups in total. The number of halogens is 1. The molecule has 3 aromatic rings. The lowest BCUT2D eigenvalue weighted by Crippen LogP contribution is -2.22. The van der Waals surface area contributed by atoms with Crippen LogP contribution in [0.3, 0.4) is 0 Å². The van der Waals surface area contributed by atoms with Crippen molar-refractivity contribution >= 4 is 38.0 Å². The number of nitrogens with zero attached hydrogens (tertiary/aromatic N) is 1. The van der Waals surface area contributed by atoms with Crippen molar-refractivity contribution in [1.82, 2.24) is 0 Å². The molecule has 17 heavy (non-hydrogen) atoms. The molecule has 86 valence electrons. The predicted molar refractivity (Wildman–Crippen MR) is 76.4 cm³/mol. The van der Waals surface area contributed by atoms with Crippen molar-refractivity contribution in [2.45, 2.75) is 0 Å². The predicted octanol–water partition coefficient (Wildman–Crippen LogP) is 3.17. The molecule has 2 heterocycles. The minimum atomic E-state index is 0.830. The van der Waals surface area contributed by atoms with E-state index >= 15 is 0 Å². The lowest BCUT2D eigenvalue weighted by atomic mass is 10.1. The Labute approximate surface area is 109 Å². The summed E-state index contributed by atoms with van der Waals surface area (Å²) in [5.74, 6) is 1.81. The highest BCUT2D eigenvalue weighted by Crippen LogP contribution is 2.18. The van der Waals surface area contributed by atoms with E-state index < -0.39 is 0 Å². The van der Waals surface area contributed by atoms with Gasteiger partial charge >= 0.3 is 0 Å².